The van der Waals surface area contributed by atoms with Gasteiger partial charge in [-0.2, -0.15) is 0 Å². The maximum atomic E-state index is 13.1. The quantitative estimate of drug-likeness (QED) is 0.574. The summed E-state index contributed by atoms with van der Waals surface area (Å²) in [7, 11) is 1.63. The molecule has 0 spiro atoms. The fourth-order valence-corrected chi connectivity index (χ4v) is 2.68. The number of amides is 1. The predicted octanol–water partition coefficient (Wildman–Crippen LogP) is 1.60. The second kappa shape index (κ2) is 9.19. The molecule has 1 amide bonds. The third kappa shape index (κ3) is 4.81. The molecule has 0 aliphatic carbocycles. The van der Waals surface area contributed by atoms with Gasteiger partial charge in [0.2, 0.25) is 5.91 Å². The van der Waals surface area contributed by atoms with Crippen LogP contribution in [0, 0.1) is 5.82 Å². The predicted molar refractivity (Wildman–Crippen MR) is 109 cm³/mol. The average molecular weight is 409 g/mol. The largest absolute Gasteiger partial charge is 0.309 e. The molecule has 2 heterocycles. The fourth-order valence-electron chi connectivity index (χ4n) is 2.68. The van der Waals surface area contributed by atoms with Crippen LogP contribution in [0.2, 0.25) is 0 Å². The lowest BCUT2D eigenvalue weighted by atomic mass is 10.0. The summed E-state index contributed by atoms with van der Waals surface area (Å²) in [5, 5.41) is 5.28. The summed E-state index contributed by atoms with van der Waals surface area (Å²) < 4.78 is 14.4. The summed E-state index contributed by atoms with van der Waals surface area (Å²) in [6.45, 7) is 1.79. The van der Waals surface area contributed by atoms with Gasteiger partial charge in [-0.3, -0.25) is 19.4 Å². The normalized spacial score (nSPS) is 11.7. The number of benzene rings is 1. The number of carbonyl (C=O) groups is 2. The van der Waals surface area contributed by atoms with Gasteiger partial charge in [0.05, 0.1) is 12.6 Å². The van der Waals surface area contributed by atoms with Gasteiger partial charge in [-0.15, -0.1) is 0 Å². The molecule has 2 N–H and O–H groups in total. The van der Waals surface area contributed by atoms with E-state index in [-0.39, 0.29) is 24.1 Å². The molecule has 30 heavy (non-hydrogen) atoms. The van der Waals surface area contributed by atoms with Crippen LogP contribution in [0.25, 0.3) is 0 Å². The Morgan fingerprint density at radius 1 is 1.17 bits per heavy atom. The molecule has 0 radical (unpaired) electrons. The monoisotopic (exact) mass is 409 g/mol. The number of halogens is 1. The maximum absolute atomic E-state index is 13.1. The van der Waals surface area contributed by atoms with Gasteiger partial charge in [-0.25, -0.2) is 9.37 Å². The highest BCUT2D eigenvalue weighted by molar-refractivity contribution is 6.08. The molecule has 0 unspecified atom stereocenters. The van der Waals surface area contributed by atoms with E-state index in [1.807, 2.05) is 0 Å². The first-order valence-corrected chi connectivity index (χ1v) is 9.17. The van der Waals surface area contributed by atoms with Crippen LogP contribution in [0.15, 0.2) is 59.9 Å². The first kappa shape index (κ1) is 21.0. The van der Waals surface area contributed by atoms with Crippen LogP contribution in [0.4, 0.5) is 10.2 Å². The first-order chi connectivity index (χ1) is 14.4. The number of ketones is 1. The minimum absolute atomic E-state index is 0.0869. The number of carbonyl (C=O) groups excluding carboxylic acids is 2. The highest BCUT2D eigenvalue weighted by atomic mass is 19.1. The molecule has 3 rings (SSSR count). The van der Waals surface area contributed by atoms with Crippen molar-refractivity contribution in [2.24, 2.45) is 0 Å². The van der Waals surface area contributed by atoms with Gasteiger partial charge in [-0.1, -0.05) is 0 Å². The first-order valence-electron chi connectivity index (χ1n) is 9.17. The van der Waals surface area contributed by atoms with Gasteiger partial charge in [0.25, 0.3) is 5.56 Å². The van der Waals surface area contributed by atoms with E-state index in [4.69, 9.17) is 0 Å². The Kier molecular flexibility index (Phi) is 6.43. The topological polar surface area (TPSA) is 106 Å². The second-order valence-corrected chi connectivity index (χ2v) is 6.63. The maximum Gasteiger partial charge on any atom is 0.294 e. The number of hydrogen-bond acceptors (Lipinski definition) is 6. The van der Waals surface area contributed by atoms with Crippen molar-refractivity contribution in [2.75, 3.05) is 12.4 Å². The van der Waals surface area contributed by atoms with Crippen molar-refractivity contribution in [1.29, 1.82) is 0 Å². The summed E-state index contributed by atoms with van der Waals surface area (Å²) in [6, 6.07) is 6.36. The van der Waals surface area contributed by atoms with E-state index in [1.54, 1.807) is 20.0 Å². The molecule has 9 heteroatoms. The smallest absolute Gasteiger partial charge is 0.294 e. The Labute approximate surface area is 171 Å². The Balaban J connectivity index is 1.82. The molecule has 1 atom stereocenters. The van der Waals surface area contributed by atoms with Crippen LogP contribution in [-0.2, 0) is 11.3 Å². The van der Waals surface area contributed by atoms with Crippen LogP contribution < -0.4 is 16.2 Å². The minimum Gasteiger partial charge on any atom is -0.309 e. The molecule has 0 fully saturated rings. The molecule has 3 aromatic rings. The van der Waals surface area contributed by atoms with E-state index in [9.17, 15) is 18.8 Å². The van der Waals surface area contributed by atoms with E-state index >= 15 is 0 Å². The van der Waals surface area contributed by atoms with Crippen LogP contribution in [0.1, 0.15) is 28.4 Å². The zero-order valence-corrected chi connectivity index (χ0v) is 16.4. The number of hydrogen-bond donors (Lipinski definition) is 2. The van der Waals surface area contributed by atoms with Crippen molar-refractivity contribution in [1.82, 2.24) is 19.9 Å². The Morgan fingerprint density at radius 2 is 1.90 bits per heavy atom. The lowest BCUT2D eigenvalue weighted by molar-refractivity contribution is -0.117. The zero-order valence-electron chi connectivity index (χ0n) is 16.4. The van der Waals surface area contributed by atoms with Crippen LogP contribution in [-0.4, -0.2) is 39.3 Å². The highest BCUT2D eigenvalue weighted by Gasteiger charge is 2.15. The van der Waals surface area contributed by atoms with E-state index in [0.717, 1.165) is 0 Å². The fraction of sp³-hybridized carbons (Fsp3) is 0.190. The van der Waals surface area contributed by atoms with Crippen molar-refractivity contribution in [3.63, 3.8) is 0 Å². The van der Waals surface area contributed by atoms with Gasteiger partial charge in [0.15, 0.2) is 11.6 Å². The Morgan fingerprint density at radius 3 is 2.60 bits per heavy atom. The SMILES string of the molecule is CN[C@@H](C)C(=O)Nc1nccn(Cc2cncc(C(=O)c3ccc(F)cc3)c2)c1=O. The second-order valence-electron chi connectivity index (χ2n) is 6.63. The summed E-state index contributed by atoms with van der Waals surface area (Å²) >= 11 is 0. The number of pyridine rings is 1. The number of aromatic nitrogens is 3. The number of nitrogens with zero attached hydrogens (tertiary/aromatic N) is 3. The van der Waals surface area contributed by atoms with Gasteiger partial charge in [0, 0.05) is 35.9 Å². The minimum atomic E-state index is -0.488. The van der Waals surface area contributed by atoms with Crippen molar-refractivity contribution >= 4 is 17.5 Å². The lowest BCUT2D eigenvalue weighted by Gasteiger charge is -2.12. The molecule has 0 bridgehead atoms. The molecule has 8 nitrogen and oxygen atoms in total. The van der Waals surface area contributed by atoms with Gasteiger partial charge in [-0.05, 0) is 49.9 Å². The van der Waals surface area contributed by atoms with Crippen molar-refractivity contribution < 1.29 is 14.0 Å². The standard InChI is InChI=1S/C21H20FN5O3/c1-13(23-2)20(29)26-19-21(30)27(8-7-25-19)12-14-9-16(11-24-10-14)18(28)15-3-5-17(22)6-4-15/h3-11,13,23H,12H2,1-2H3,(H,25,26,29)/t13-/m0/s1. The van der Waals surface area contributed by atoms with Gasteiger partial charge in [0.1, 0.15) is 5.82 Å². The van der Waals surface area contributed by atoms with Crippen LogP contribution in [0.5, 0.6) is 0 Å². The molecule has 1 aromatic carbocycles. The third-order valence-electron chi connectivity index (χ3n) is 4.50. The molecule has 0 aliphatic heterocycles. The third-order valence-corrected chi connectivity index (χ3v) is 4.50. The van der Waals surface area contributed by atoms with E-state index in [1.165, 1.54) is 53.6 Å². The van der Waals surface area contributed by atoms with Crippen molar-refractivity contribution in [2.45, 2.75) is 19.5 Å². The molecular weight excluding hydrogens is 389 g/mol. The van der Waals surface area contributed by atoms with Gasteiger partial charge < -0.3 is 15.2 Å². The van der Waals surface area contributed by atoms with Gasteiger partial charge >= 0.3 is 0 Å². The number of likely N-dealkylation sites (N-methyl/N-ethyl adjacent to an activating group) is 1. The molecule has 154 valence electrons. The highest BCUT2D eigenvalue weighted by Crippen LogP contribution is 2.12. The van der Waals surface area contributed by atoms with Crippen LogP contribution in [0.3, 0.4) is 0 Å². The molecule has 0 saturated carbocycles. The zero-order chi connectivity index (χ0) is 21.7. The lowest BCUT2D eigenvalue weighted by Crippen LogP contribution is -2.38. The van der Waals surface area contributed by atoms with Crippen molar-refractivity contribution in [3.8, 4) is 0 Å². The summed E-state index contributed by atoms with van der Waals surface area (Å²) in [5.41, 5.74) is 0.777. The molecule has 2 aromatic heterocycles. The molecular formula is C21H20FN5O3. The average Bonchev–Trinajstić information content (AvgIpc) is 2.76. The number of nitrogens with one attached hydrogen (secondary N) is 2. The van der Waals surface area contributed by atoms with E-state index < -0.39 is 17.4 Å². The summed E-state index contributed by atoms with van der Waals surface area (Å²) in [4.78, 5) is 45.3. The number of rotatable bonds is 7. The van der Waals surface area contributed by atoms with E-state index in [0.29, 0.717) is 16.7 Å². The summed E-state index contributed by atoms with van der Waals surface area (Å²) in [6.07, 6.45) is 5.83. The Bertz CT molecular complexity index is 1130. The Hall–Kier alpha value is -3.72. The van der Waals surface area contributed by atoms with Crippen LogP contribution >= 0.6 is 0 Å². The van der Waals surface area contributed by atoms with E-state index in [2.05, 4.69) is 20.6 Å². The number of anilines is 1. The molecule has 0 saturated heterocycles. The summed E-state index contributed by atoms with van der Waals surface area (Å²) in [5.74, 6) is -1.20. The van der Waals surface area contributed by atoms with Crippen molar-refractivity contribution in [3.05, 3.63) is 88.0 Å². The molecule has 0 aliphatic rings.